The Bertz CT molecular complexity index is 451. The van der Waals surface area contributed by atoms with Crippen molar-refractivity contribution < 1.29 is 43.7 Å². The second-order valence-corrected chi connectivity index (χ2v) is 6.69. The van der Waals surface area contributed by atoms with Gasteiger partial charge in [-0.25, -0.2) is 0 Å². The van der Waals surface area contributed by atoms with Gasteiger partial charge in [0.15, 0.2) is 5.78 Å². The SMILES string of the molecule is CCC(C(=O)[O-])C(=O)c1ccccc1.CC[O][Ti+]([O]CC)[O]CC. The number of hydrogen-bond donors (Lipinski definition) is 0. The molecule has 0 bridgehead atoms. The first-order valence-corrected chi connectivity index (χ1v) is 9.98. The van der Waals surface area contributed by atoms with Crippen molar-refractivity contribution in [2.24, 2.45) is 5.92 Å². The molecule has 0 aliphatic carbocycles. The molecule has 6 nitrogen and oxygen atoms in total. The predicted molar refractivity (Wildman–Crippen MR) is 84.4 cm³/mol. The summed E-state index contributed by atoms with van der Waals surface area (Å²) in [5, 5.41) is 10.6. The number of hydrogen-bond acceptors (Lipinski definition) is 6. The topological polar surface area (TPSA) is 84.9 Å². The van der Waals surface area contributed by atoms with Crippen LogP contribution in [0.2, 0.25) is 0 Å². The fraction of sp³-hybridized carbons (Fsp3) is 0.529. The maximum atomic E-state index is 11.6. The number of ketones is 1. The van der Waals surface area contributed by atoms with Gasteiger partial charge in [0, 0.05) is 5.56 Å². The Morgan fingerprint density at radius 1 is 0.958 bits per heavy atom. The van der Waals surface area contributed by atoms with Crippen LogP contribution in [0.3, 0.4) is 0 Å². The molecule has 0 saturated carbocycles. The minimum atomic E-state index is -1.99. The Kier molecular flexibility index (Phi) is 13.7. The molecule has 0 N–H and O–H groups in total. The molecule has 0 spiro atoms. The summed E-state index contributed by atoms with van der Waals surface area (Å²) in [6.45, 7) is 9.57. The Morgan fingerprint density at radius 3 is 1.75 bits per heavy atom. The van der Waals surface area contributed by atoms with Crippen molar-refractivity contribution in [3.05, 3.63) is 35.9 Å². The van der Waals surface area contributed by atoms with E-state index in [0.29, 0.717) is 25.4 Å². The minimum absolute atomic E-state index is 0.260. The molecule has 0 fully saturated rings. The van der Waals surface area contributed by atoms with Crippen LogP contribution >= 0.6 is 0 Å². The van der Waals surface area contributed by atoms with Crippen molar-refractivity contribution in [2.75, 3.05) is 19.8 Å². The van der Waals surface area contributed by atoms with Gasteiger partial charge in [-0.05, 0) is 6.42 Å². The average Bonchev–Trinajstić information content (AvgIpc) is 2.57. The van der Waals surface area contributed by atoms with Crippen LogP contribution in [0, 0.1) is 5.92 Å². The van der Waals surface area contributed by atoms with Gasteiger partial charge >= 0.3 is 69.6 Å². The van der Waals surface area contributed by atoms with E-state index in [9.17, 15) is 14.7 Å². The van der Waals surface area contributed by atoms with Crippen LogP contribution in [0.5, 0.6) is 0 Å². The fourth-order valence-electron chi connectivity index (χ4n) is 1.74. The molecule has 1 rings (SSSR count). The van der Waals surface area contributed by atoms with Crippen LogP contribution in [-0.2, 0) is 33.8 Å². The van der Waals surface area contributed by atoms with E-state index in [1.807, 2.05) is 20.8 Å². The molecule has 0 saturated heterocycles. The normalized spacial score (nSPS) is 11.2. The molecule has 1 unspecified atom stereocenters. The Balaban J connectivity index is 0.000000470. The summed E-state index contributed by atoms with van der Waals surface area (Å²) in [4.78, 5) is 22.2. The van der Waals surface area contributed by atoms with E-state index < -0.39 is 30.9 Å². The standard InChI is InChI=1S/C11H12O3.3C2H5O.Ti/c1-2-9(11(13)14)10(12)8-6-4-3-5-7-8;3*1-2-3;/h3-7,9H,2H2,1H3,(H,13,14);3*2H2,1H3;/q;3*-1;+4/p-1. The van der Waals surface area contributed by atoms with Crippen molar-refractivity contribution in [3.8, 4) is 0 Å². The van der Waals surface area contributed by atoms with Crippen molar-refractivity contribution in [1.82, 2.24) is 0 Å². The Hall–Kier alpha value is -1.05. The van der Waals surface area contributed by atoms with Gasteiger partial charge in [-0.1, -0.05) is 37.3 Å². The molecule has 1 aromatic carbocycles. The van der Waals surface area contributed by atoms with Crippen molar-refractivity contribution in [1.29, 1.82) is 0 Å². The van der Waals surface area contributed by atoms with E-state index in [1.165, 1.54) is 0 Å². The molecule has 1 aromatic rings. The number of carboxylic acids is 1. The number of Topliss-reactive ketones (excluding diaryl/α,β-unsaturated/α-hetero) is 1. The van der Waals surface area contributed by atoms with Crippen LogP contribution in [0.15, 0.2) is 30.3 Å². The third-order valence-corrected chi connectivity index (χ3v) is 5.31. The van der Waals surface area contributed by atoms with Gasteiger partial charge in [0.2, 0.25) is 0 Å². The van der Waals surface area contributed by atoms with Gasteiger partial charge < -0.3 is 9.90 Å². The van der Waals surface area contributed by atoms with E-state index in [4.69, 9.17) is 9.96 Å². The average molecular weight is 374 g/mol. The molecule has 0 heterocycles. The van der Waals surface area contributed by atoms with Crippen molar-refractivity contribution in [2.45, 2.75) is 34.1 Å². The molecule has 0 aromatic heterocycles. The number of carboxylic acid groups (broad SMARTS) is 1. The summed E-state index contributed by atoms with van der Waals surface area (Å²) >= 11 is -1.99. The maximum absolute atomic E-state index is 11.6. The number of carbonyl (C=O) groups excluding carboxylic acids is 2. The van der Waals surface area contributed by atoms with Gasteiger partial charge in [0.05, 0.1) is 11.9 Å². The summed E-state index contributed by atoms with van der Waals surface area (Å²) in [7, 11) is 0. The Labute approximate surface area is 151 Å². The molecule has 0 aliphatic heterocycles. The molecule has 24 heavy (non-hydrogen) atoms. The summed E-state index contributed by atoms with van der Waals surface area (Å²) in [6.07, 6.45) is 0.260. The van der Waals surface area contributed by atoms with E-state index in [2.05, 4.69) is 0 Å². The van der Waals surface area contributed by atoms with Gasteiger partial charge in [0.25, 0.3) is 0 Å². The molecule has 0 amide bonds. The first-order valence-electron chi connectivity index (χ1n) is 8.07. The Morgan fingerprint density at radius 2 is 1.42 bits per heavy atom. The predicted octanol–water partition coefficient (Wildman–Crippen LogP) is 2.10. The molecule has 7 heteroatoms. The van der Waals surface area contributed by atoms with Gasteiger partial charge in [-0.2, -0.15) is 0 Å². The van der Waals surface area contributed by atoms with Crippen LogP contribution < -0.4 is 5.11 Å². The van der Waals surface area contributed by atoms with E-state index >= 15 is 0 Å². The summed E-state index contributed by atoms with van der Waals surface area (Å²) in [5.41, 5.74) is 0.420. The zero-order valence-electron chi connectivity index (χ0n) is 14.7. The zero-order chi connectivity index (χ0) is 18.4. The molecule has 1 atom stereocenters. The zero-order valence-corrected chi connectivity index (χ0v) is 16.3. The molecular formula is C17H26O6Ti. The summed E-state index contributed by atoms with van der Waals surface area (Å²) in [6, 6.07) is 8.39. The van der Waals surface area contributed by atoms with Gasteiger partial charge in [-0.3, -0.25) is 4.79 Å². The van der Waals surface area contributed by atoms with Crippen LogP contribution in [0.25, 0.3) is 0 Å². The molecule has 134 valence electrons. The van der Waals surface area contributed by atoms with Crippen LogP contribution in [-0.4, -0.2) is 31.6 Å². The summed E-state index contributed by atoms with van der Waals surface area (Å²) in [5.74, 6) is -2.72. The second kappa shape index (κ2) is 14.3. The van der Waals surface area contributed by atoms with E-state index in [1.54, 1.807) is 37.3 Å². The number of rotatable bonds is 10. The molecule has 0 aliphatic rings. The van der Waals surface area contributed by atoms with Gasteiger partial charge in [-0.15, -0.1) is 0 Å². The van der Waals surface area contributed by atoms with Crippen molar-refractivity contribution >= 4 is 11.8 Å². The number of aliphatic carboxylic acids is 1. The third kappa shape index (κ3) is 9.30. The van der Waals surface area contributed by atoms with Gasteiger partial charge in [0.1, 0.15) is 0 Å². The first-order chi connectivity index (χ1) is 11.5. The first kappa shape index (κ1) is 23.0. The fourth-order valence-corrected chi connectivity index (χ4v) is 3.24. The molecular weight excluding hydrogens is 348 g/mol. The number of carbonyl (C=O) groups is 2. The van der Waals surface area contributed by atoms with Crippen LogP contribution in [0.1, 0.15) is 44.5 Å². The summed E-state index contributed by atoms with van der Waals surface area (Å²) < 4.78 is 15.7. The number of benzene rings is 1. The van der Waals surface area contributed by atoms with E-state index in [0.717, 1.165) is 0 Å². The van der Waals surface area contributed by atoms with Crippen molar-refractivity contribution in [3.63, 3.8) is 0 Å². The third-order valence-electron chi connectivity index (χ3n) is 2.85. The van der Waals surface area contributed by atoms with E-state index in [-0.39, 0.29) is 12.2 Å². The van der Waals surface area contributed by atoms with Crippen LogP contribution in [0.4, 0.5) is 0 Å². The molecule has 0 radical (unpaired) electrons. The quantitative estimate of drug-likeness (QED) is 0.354. The second-order valence-electron chi connectivity index (χ2n) is 4.56. The monoisotopic (exact) mass is 374 g/mol.